The fraction of sp³-hybridized carbons (Fsp3) is 0.769. The predicted molar refractivity (Wildman–Crippen MR) is 146 cm³/mol. The minimum atomic E-state index is -0.123. The first kappa shape index (κ1) is 29.1. The van der Waals surface area contributed by atoms with Crippen LogP contribution in [0.5, 0.6) is 0 Å². The number of esters is 1. The Hall–Kier alpha value is -1.42. The number of hydrogen-bond acceptors (Lipinski definition) is 8. The van der Waals surface area contributed by atoms with E-state index in [2.05, 4.69) is 43.0 Å². The molecule has 0 radical (unpaired) electrons. The molecule has 0 N–H and O–H groups in total. The summed E-state index contributed by atoms with van der Waals surface area (Å²) in [5.74, 6) is 0.848. The standard InChI is InChI=1S/C26H42ClN5O3S/c1-19(2)36-25-23-24(29-26(27)30-25)28-20(3)32(23)15-10-6-5-9-14-31-16-13-21(18-31)35-17-11-7-8-12-22(33)34-4/h19,21H,5-18H2,1-4H3. The maximum atomic E-state index is 11.1. The first-order valence-electron chi connectivity index (χ1n) is 13.3. The summed E-state index contributed by atoms with van der Waals surface area (Å²) >= 11 is 7.85. The average molecular weight is 540 g/mol. The number of unbranched alkanes of at least 4 members (excludes halogenated alkanes) is 5. The van der Waals surface area contributed by atoms with Gasteiger partial charge in [0, 0.05) is 37.9 Å². The maximum Gasteiger partial charge on any atom is 0.305 e. The number of hydrogen-bond donors (Lipinski definition) is 0. The Kier molecular flexibility index (Phi) is 12.2. The van der Waals surface area contributed by atoms with Crippen LogP contribution in [0, 0.1) is 6.92 Å². The van der Waals surface area contributed by atoms with E-state index in [1.54, 1.807) is 11.8 Å². The molecule has 2 aromatic heterocycles. The Morgan fingerprint density at radius 3 is 2.58 bits per heavy atom. The highest BCUT2D eigenvalue weighted by Crippen LogP contribution is 2.30. The van der Waals surface area contributed by atoms with Gasteiger partial charge in [0.25, 0.3) is 0 Å². The van der Waals surface area contributed by atoms with Gasteiger partial charge in [-0.1, -0.05) is 33.1 Å². The van der Waals surface area contributed by atoms with Crippen LogP contribution < -0.4 is 0 Å². The van der Waals surface area contributed by atoms with Crippen LogP contribution in [0.4, 0.5) is 0 Å². The first-order chi connectivity index (χ1) is 17.4. The zero-order valence-electron chi connectivity index (χ0n) is 22.3. The van der Waals surface area contributed by atoms with Gasteiger partial charge in [0.1, 0.15) is 16.4 Å². The molecule has 3 heterocycles. The molecule has 1 atom stereocenters. The lowest BCUT2D eigenvalue weighted by molar-refractivity contribution is -0.140. The second kappa shape index (κ2) is 15.1. The molecule has 0 aromatic carbocycles. The van der Waals surface area contributed by atoms with Gasteiger partial charge >= 0.3 is 5.97 Å². The number of fused-ring (bicyclic) bond motifs is 1. The number of carbonyl (C=O) groups excluding carboxylic acids is 1. The fourth-order valence-corrected chi connectivity index (χ4v) is 5.78. The Labute approximate surface area is 224 Å². The number of likely N-dealkylation sites (tertiary alicyclic amines) is 1. The summed E-state index contributed by atoms with van der Waals surface area (Å²) in [6, 6.07) is 0. The van der Waals surface area contributed by atoms with Crippen LogP contribution in [-0.4, -0.2) is 75.1 Å². The number of nitrogens with zero attached hydrogens (tertiary/aromatic N) is 5. The summed E-state index contributed by atoms with van der Waals surface area (Å²) in [5, 5.41) is 1.60. The lowest BCUT2D eigenvalue weighted by Crippen LogP contribution is -2.24. The van der Waals surface area contributed by atoms with E-state index in [1.807, 2.05) is 6.92 Å². The van der Waals surface area contributed by atoms with Gasteiger partial charge in [0.15, 0.2) is 5.65 Å². The lowest BCUT2D eigenvalue weighted by Gasteiger charge is -2.16. The second-order valence-corrected chi connectivity index (χ2v) is 11.7. The number of aryl methyl sites for hydroxylation is 2. The number of carbonyl (C=O) groups is 1. The molecular formula is C26H42ClN5O3S. The summed E-state index contributed by atoms with van der Waals surface area (Å²) in [6.07, 6.45) is 9.64. The SMILES string of the molecule is COC(=O)CCCCCOC1CCN(CCCCCCn2c(C)nc3nc(Cl)nc(SC(C)C)c32)C1. The van der Waals surface area contributed by atoms with Gasteiger partial charge in [-0.05, 0) is 57.2 Å². The Morgan fingerprint density at radius 2 is 1.83 bits per heavy atom. The smallest absolute Gasteiger partial charge is 0.305 e. The number of thioether (sulfide) groups is 1. The molecule has 1 fully saturated rings. The Balaban J connectivity index is 1.30. The van der Waals surface area contributed by atoms with E-state index in [-0.39, 0.29) is 11.3 Å². The average Bonchev–Trinajstić information content (AvgIpc) is 3.41. The van der Waals surface area contributed by atoms with Crippen LogP contribution in [0.3, 0.4) is 0 Å². The van der Waals surface area contributed by atoms with Crippen molar-refractivity contribution in [2.24, 2.45) is 0 Å². The normalized spacial score (nSPS) is 16.4. The van der Waals surface area contributed by atoms with Crippen molar-refractivity contribution in [3.05, 3.63) is 11.1 Å². The second-order valence-electron chi connectivity index (χ2n) is 9.83. The van der Waals surface area contributed by atoms with Crippen LogP contribution in [0.25, 0.3) is 11.2 Å². The van der Waals surface area contributed by atoms with Crippen LogP contribution in [0.2, 0.25) is 5.28 Å². The Morgan fingerprint density at radius 1 is 1.08 bits per heavy atom. The molecule has 3 rings (SSSR count). The summed E-state index contributed by atoms with van der Waals surface area (Å²) in [7, 11) is 1.44. The molecule has 202 valence electrons. The quantitative estimate of drug-likeness (QED) is 0.0886. The van der Waals surface area contributed by atoms with Gasteiger partial charge in [-0.15, -0.1) is 11.8 Å². The molecule has 2 aromatic rings. The highest BCUT2D eigenvalue weighted by molar-refractivity contribution is 8.00. The molecule has 1 unspecified atom stereocenters. The van der Waals surface area contributed by atoms with Gasteiger partial charge in [-0.3, -0.25) is 4.79 Å². The molecule has 1 saturated heterocycles. The third-order valence-corrected chi connectivity index (χ3v) is 7.67. The number of ether oxygens (including phenoxy) is 2. The van der Waals surface area contributed by atoms with Crippen molar-refractivity contribution < 1.29 is 14.3 Å². The van der Waals surface area contributed by atoms with E-state index in [4.69, 9.17) is 16.3 Å². The van der Waals surface area contributed by atoms with Crippen molar-refractivity contribution in [2.45, 2.75) is 101 Å². The molecule has 0 amide bonds. The van der Waals surface area contributed by atoms with Crippen molar-refractivity contribution in [1.82, 2.24) is 24.4 Å². The van der Waals surface area contributed by atoms with Gasteiger partial charge in [-0.25, -0.2) is 9.97 Å². The summed E-state index contributed by atoms with van der Waals surface area (Å²) in [6.45, 7) is 11.4. The van der Waals surface area contributed by atoms with Gasteiger partial charge in [-0.2, -0.15) is 4.98 Å². The lowest BCUT2D eigenvalue weighted by atomic mass is 10.2. The molecule has 0 spiro atoms. The van der Waals surface area contributed by atoms with Gasteiger partial charge in [0.2, 0.25) is 5.28 Å². The molecule has 10 heteroatoms. The summed E-state index contributed by atoms with van der Waals surface area (Å²) in [5.41, 5.74) is 1.71. The molecule has 1 aliphatic heterocycles. The highest BCUT2D eigenvalue weighted by Gasteiger charge is 2.22. The van der Waals surface area contributed by atoms with Crippen LogP contribution in [0.1, 0.15) is 77.5 Å². The molecule has 8 nitrogen and oxygen atoms in total. The Bertz CT molecular complexity index is 971. The molecule has 0 bridgehead atoms. The number of rotatable bonds is 16. The van der Waals surface area contributed by atoms with E-state index in [9.17, 15) is 4.79 Å². The zero-order chi connectivity index (χ0) is 25.9. The molecular weight excluding hydrogens is 498 g/mol. The number of imidazole rings is 1. The van der Waals surface area contributed by atoms with Crippen molar-refractivity contribution in [1.29, 1.82) is 0 Å². The summed E-state index contributed by atoms with van der Waals surface area (Å²) in [4.78, 5) is 27.1. The van der Waals surface area contributed by atoms with E-state index < -0.39 is 0 Å². The van der Waals surface area contributed by atoms with Gasteiger partial charge in [0.05, 0.1) is 13.2 Å². The number of halogens is 1. The minimum Gasteiger partial charge on any atom is -0.469 e. The highest BCUT2D eigenvalue weighted by atomic mass is 35.5. The predicted octanol–water partition coefficient (Wildman–Crippen LogP) is 5.67. The first-order valence-corrected chi connectivity index (χ1v) is 14.6. The van der Waals surface area contributed by atoms with Crippen molar-refractivity contribution in [3.8, 4) is 0 Å². The third-order valence-electron chi connectivity index (χ3n) is 6.52. The minimum absolute atomic E-state index is 0.123. The largest absolute Gasteiger partial charge is 0.469 e. The number of methoxy groups -OCH3 is 1. The maximum absolute atomic E-state index is 11.1. The fourth-order valence-electron chi connectivity index (χ4n) is 4.66. The zero-order valence-corrected chi connectivity index (χ0v) is 23.9. The molecule has 0 aliphatic carbocycles. The van der Waals surface area contributed by atoms with Crippen LogP contribution in [-0.2, 0) is 20.8 Å². The molecule has 0 saturated carbocycles. The van der Waals surface area contributed by atoms with Crippen molar-refractivity contribution in [2.75, 3.05) is 33.4 Å². The van der Waals surface area contributed by atoms with E-state index in [1.165, 1.54) is 26.4 Å². The van der Waals surface area contributed by atoms with Crippen LogP contribution >= 0.6 is 23.4 Å². The van der Waals surface area contributed by atoms with Crippen molar-refractivity contribution >= 4 is 40.5 Å². The molecule has 36 heavy (non-hydrogen) atoms. The third kappa shape index (κ3) is 9.15. The van der Waals surface area contributed by atoms with E-state index in [0.29, 0.717) is 23.4 Å². The van der Waals surface area contributed by atoms with E-state index >= 15 is 0 Å². The molecule has 1 aliphatic rings. The number of aromatic nitrogens is 4. The monoisotopic (exact) mass is 539 g/mol. The van der Waals surface area contributed by atoms with E-state index in [0.717, 1.165) is 81.3 Å². The topological polar surface area (TPSA) is 82.4 Å². The summed E-state index contributed by atoms with van der Waals surface area (Å²) < 4.78 is 13.0. The van der Waals surface area contributed by atoms with Crippen LogP contribution in [0.15, 0.2) is 5.03 Å². The van der Waals surface area contributed by atoms with Gasteiger partial charge < -0.3 is 18.9 Å². The van der Waals surface area contributed by atoms with Crippen molar-refractivity contribution in [3.63, 3.8) is 0 Å².